The molecule has 0 aliphatic heterocycles. The molecule has 0 unspecified atom stereocenters. The van der Waals surface area contributed by atoms with E-state index in [-0.39, 0.29) is 11.8 Å². The lowest BCUT2D eigenvalue weighted by molar-refractivity contribution is -0.139. The summed E-state index contributed by atoms with van der Waals surface area (Å²) in [7, 11) is 0. The van der Waals surface area contributed by atoms with E-state index in [0.29, 0.717) is 25.3 Å². The Labute approximate surface area is 172 Å². The average molecular weight is 399 g/mol. The summed E-state index contributed by atoms with van der Waals surface area (Å²) in [6, 6.07) is 15.7. The summed E-state index contributed by atoms with van der Waals surface area (Å²) in [5.41, 5.74) is 3.38. The Balaban J connectivity index is 2.20. The quantitative estimate of drug-likeness (QED) is 0.639. The molecule has 2 aromatic rings. The second-order valence-electron chi connectivity index (χ2n) is 6.87. The van der Waals surface area contributed by atoms with Crippen LogP contribution in [0.3, 0.4) is 0 Å². The first-order valence-electron chi connectivity index (χ1n) is 9.77. The molecular formula is C23H30N2O2S. The fourth-order valence-electron chi connectivity index (χ4n) is 3.05. The molecule has 0 aliphatic carbocycles. The highest BCUT2D eigenvalue weighted by molar-refractivity contribution is 8.00. The Kier molecular flexibility index (Phi) is 8.58. The predicted molar refractivity (Wildman–Crippen MR) is 116 cm³/mol. The second-order valence-corrected chi connectivity index (χ2v) is 7.92. The van der Waals surface area contributed by atoms with Gasteiger partial charge in [-0.25, -0.2) is 0 Å². The van der Waals surface area contributed by atoms with Crippen LogP contribution in [0.25, 0.3) is 0 Å². The first kappa shape index (κ1) is 22.0. The van der Waals surface area contributed by atoms with Gasteiger partial charge in [-0.3, -0.25) is 9.59 Å². The van der Waals surface area contributed by atoms with Gasteiger partial charge in [-0.15, -0.1) is 11.8 Å². The van der Waals surface area contributed by atoms with Crippen molar-refractivity contribution in [2.24, 2.45) is 0 Å². The smallest absolute Gasteiger partial charge is 0.242 e. The monoisotopic (exact) mass is 398 g/mol. The SMILES string of the molecule is CCNC(=O)[C@H](CC)N(Cc1ccccc1C)C(=O)CSc1ccc(C)cc1. The summed E-state index contributed by atoms with van der Waals surface area (Å²) in [5.74, 6) is 0.199. The lowest BCUT2D eigenvalue weighted by atomic mass is 10.1. The molecular weight excluding hydrogens is 368 g/mol. The van der Waals surface area contributed by atoms with E-state index in [0.717, 1.165) is 16.0 Å². The standard InChI is InChI=1S/C23H30N2O2S/c1-5-21(23(27)24-6-2)25(15-19-10-8-7-9-18(19)4)22(26)16-28-20-13-11-17(3)12-14-20/h7-14,21H,5-6,15-16H2,1-4H3,(H,24,27)/t21-/m0/s1. The van der Waals surface area contributed by atoms with Crippen molar-refractivity contribution in [3.05, 3.63) is 65.2 Å². The lowest BCUT2D eigenvalue weighted by Crippen LogP contribution is -2.49. The average Bonchev–Trinajstić information content (AvgIpc) is 2.69. The van der Waals surface area contributed by atoms with Gasteiger partial charge in [0, 0.05) is 18.0 Å². The lowest BCUT2D eigenvalue weighted by Gasteiger charge is -2.31. The van der Waals surface area contributed by atoms with Crippen molar-refractivity contribution in [3.63, 3.8) is 0 Å². The summed E-state index contributed by atoms with van der Waals surface area (Å²) in [4.78, 5) is 28.5. The Morgan fingerprint density at radius 1 is 1.04 bits per heavy atom. The highest BCUT2D eigenvalue weighted by Crippen LogP contribution is 2.21. The molecule has 0 aromatic heterocycles. The van der Waals surface area contributed by atoms with Gasteiger partial charge in [0.25, 0.3) is 0 Å². The van der Waals surface area contributed by atoms with Crippen molar-refractivity contribution in [3.8, 4) is 0 Å². The van der Waals surface area contributed by atoms with E-state index in [1.54, 1.807) is 4.90 Å². The molecule has 2 rings (SSSR count). The molecule has 0 saturated heterocycles. The van der Waals surface area contributed by atoms with Crippen LogP contribution in [0, 0.1) is 13.8 Å². The maximum absolute atomic E-state index is 13.1. The molecule has 4 nitrogen and oxygen atoms in total. The number of aryl methyl sites for hydroxylation is 2. The molecule has 28 heavy (non-hydrogen) atoms. The maximum atomic E-state index is 13.1. The minimum atomic E-state index is -0.467. The minimum absolute atomic E-state index is 0.0214. The van der Waals surface area contributed by atoms with Gasteiger partial charge in [-0.05, 0) is 50.5 Å². The van der Waals surface area contributed by atoms with Crippen LogP contribution < -0.4 is 5.32 Å². The Morgan fingerprint density at radius 2 is 1.71 bits per heavy atom. The van der Waals surface area contributed by atoms with Crippen molar-refractivity contribution in [2.75, 3.05) is 12.3 Å². The number of nitrogens with zero attached hydrogens (tertiary/aromatic N) is 1. The Hall–Kier alpha value is -2.27. The van der Waals surface area contributed by atoms with E-state index < -0.39 is 6.04 Å². The number of benzene rings is 2. The summed E-state index contributed by atoms with van der Waals surface area (Å²) >= 11 is 1.51. The van der Waals surface area contributed by atoms with Crippen LogP contribution in [0.1, 0.15) is 37.0 Å². The predicted octanol–water partition coefficient (Wildman–Crippen LogP) is 4.34. The number of thioether (sulfide) groups is 1. The number of nitrogens with one attached hydrogen (secondary N) is 1. The van der Waals surface area contributed by atoms with E-state index in [4.69, 9.17) is 0 Å². The summed E-state index contributed by atoms with van der Waals surface area (Å²) < 4.78 is 0. The van der Waals surface area contributed by atoms with Gasteiger partial charge in [0.2, 0.25) is 11.8 Å². The number of amides is 2. The molecule has 150 valence electrons. The van der Waals surface area contributed by atoms with Crippen LogP contribution in [-0.4, -0.2) is 35.1 Å². The number of hydrogen-bond acceptors (Lipinski definition) is 3. The molecule has 0 fully saturated rings. The largest absolute Gasteiger partial charge is 0.355 e. The first-order chi connectivity index (χ1) is 13.5. The zero-order valence-corrected chi connectivity index (χ0v) is 18.0. The van der Waals surface area contributed by atoms with Gasteiger partial charge in [0.1, 0.15) is 6.04 Å². The first-order valence-corrected chi connectivity index (χ1v) is 10.8. The fraction of sp³-hybridized carbons (Fsp3) is 0.391. The van der Waals surface area contributed by atoms with Crippen molar-refractivity contribution >= 4 is 23.6 Å². The third-order valence-corrected chi connectivity index (χ3v) is 5.72. The highest BCUT2D eigenvalue weighted by atomic mass is 32.2. The van der Waals surface area contributed by atoms with Crippen LogP contribution in [0.5, 0.6) is 0 Å². The van der Waals surface area contributed by atoms with Gasteiger partial charge in [-0.1, -0.05) is 48.9 Å². The summed E-state index contributed by atoms with van der Waals surface area (Å²) in [6.07, 6.45) is 0.582. The number of rotatable bonds is 9. The number of hydrogen-bond donors (Lipinski definition) is 1. The van der Waals surface area contributed by atoms with Gasteiger partial charge in [0.15, 0.2) is 0 Å². The van der Waals surface area contributed by atoms with E-state index in [1.807, 2.05) is 76.2 Å². The van der Waals surface area contributed by atoms with Crippen LogP contribution in [-0.2, 0) is 16.1 Å². The van der Waals surface area contributed by atoms with Crippen LogP contribution in [0.2, 0.25) is 0 Å². The minimum Gasteiger partial charge on any atom is -0.355 e. The molecule has 1 atom stereocenters. The highest BCUT2D eigenvalue weighted by Gasteiger charge is 2.28. The Bertz CT molecular complexity index is 789. The van der Waals surface area contributed by atoms with E-state index in [9.17, 15) is 9.59 Å². The van der Waals surface area contributed by atoms with E-state index in [1.165, 1.54) is 17.3 Å². The van der Waals surface area contributed by atoms with E-state index >= 15 is 0 Å². The third kappa shape index (κ3) is 6.13. The molecule has 0 spiro atoms. The molecule has 0 saturated carbocycles. The number of carbonyl (C=O) groups excluding carboxylic acids is 2. The third-order valence-electron chi connectivity index (χ3n) is 4.72. The van der Waals surface area contributed by atoms with Crippen molar-refractivity contribution in [2.45, 2.75) is 51.6 Å². The van der Waals surface area contributed by atoms with Gasteiger partial charge in [-0.2, -0.15) is 0 Å². The molecule has 1 N–H and O–H groups in total. The summed E-state index contributed by atoms with van der Waals surface area (Å²) in [5, 5.41) is 2.87. The number of likely N-dealkylation sites (N-methyl/N-ethyl adjacent to an activating group) is 1. The molecule has 0 radical (unpaired) electrons. The Morgan fingerprint density at radius 3 is 2.32 bits per heavy atom. The summed E-state index contributed by atoms with van der Waals surface area (Å²) in [6.45, 7) is 8.92. The molecule has 2 aromatic carbocycles. The van der Waals surface area contributed by atoms with Gasteiger partial charge >= 0.3 is 0 Å². The number of carbonyl (C=O) groups is 2. The molecule has 0 heterocycles. The zero-order chi connectivity index (χ0) is 20.5. The van der Waals surface area contributed by atoms with E-state index in [2.05, 4.69) is 5.32 Å². The topological polar surface area (TPSA) is 49.4 Å². The molecule has 2 amide bonds. The second kappa shape index (κ2) is 10.9. The molecule has 0 aliphatic rings. The van der Waals surface area contributed by atoms with Gasteiger partial charge in [0.05, 0.1) is 5.75 Å². The van der Waals surface area contributed by atoms with Crippen molar-refractivity contribution in [1.29, 1.82) is 0 Å². The zero-order valence-electron chi connectivity index (χ0n) is 17.2. The van der Waals surface area contributed by atoms with Crippen LogP contribution in [0.15, 0.2) is 53.4 Å². The van der Waals surface area contributed by atoms with Crippen molar-refractivity contribution < 1.29 is 9.59 Å². The van der Waals surface area contributed by atoms with Crippen LogP contribution >= 0.6 is 11.8 Å². The fourth-order valence-corrected chi connectivity index (χ4v) is 3.83. The van der Waals surface area contributed by atoms with Gasteiger partial charge < -0.3 is 10.2 Å². The normalized spacial score (nSPS) is 11.7. The maximum Gasteiger partial charge on any atom is 0.242 e. The van der Waals surface area contributed by atoms with Crippen LogP contribution in [0.4, 0.5) is 0 Å². The van der Waals surface area contributed by atoms with Crippen molar-refractivity contribution in [1.82, 2.24) is 10.2 Å². The molecule has 0 bridgehead atoms. The molecule has 5 heteroatoms.